The van der Waals surface area contributed by atoms with Crippen LogP contribution in [0.3, 0.4) is 0 Å². The number of hydrogen-bond acceptors (Lipinski definition) is 3. The number of anilines is 1. The molecule has 2 atom stereocenters. The predicted molar refractivity (Wildman–Crippen MR) is 77.2 cm³/mol. The summed E-state index contributed by atoms with van der Waals surface area (Å²) >= 11 is 0. The minimum Gasteiger partial charge on any atom is -0.372 e. The lowest BCUT2D eigenvalue weighted by Crippen LogP contribution is -2.49. The zero-order valence-corrected chi connectivity index (χ0v) is 12.1. The van der Waals surface area contributed by atoms with Crippen molar-refractivity contribution in [2.24, 2.45) is 0 Å². The molecule has 2 unspecified atom stereocenters. The van der Waals surface area contributed by atoms with Crippen molar-refractivity contribution in [3.05, 3.63) is 29.3 Å². The maximum absolute atomic E-state index is 12.3. The Morgan fingerprint density at radius 2 is 2.00 bits per heavy atom. The van der Waals surface area contributed by atoms with Gasteiger partial charge in [0.05, 0.1) is 12.2 Å². The Hall–Kier alpha value is -1.88. The summed E-state index contributed by atoms with van der Waals surface area (Å²) in [6.45, 7) is 6.87. The van der Waals surface area contributed by atoms with Crippen molar-refractivity contribution in [2.75, 3.05) is 18.4 Å². The number of hydrogen-bond donors (Lipinski definition) is 1. The summed E-state index contributed by atoms with van der Waals surface area (Å²) in [4.78, 5) is 24.9. The summed E-state index contributed by atoms with van der Waals surface area (Å²) in [5, 5.41) is 2.87. The second kappa shape index (κ2) is 6.05. The van der Waals surface area contributed by atoms with E-state index in [-0.39, 0.29) is 18.2 Å². The summed E-state index contributed by atoms with van der Waals surface area (Å²) in [6.07, 6.45) is 0.864. The average Bonchev–Trinajstić information content (AvgIpc) is 2.40. The Labute approximate surface area is 118 Å². The SMILES string of the molecule is Cc1c(C=O)cccc1NC(=O)N1CC(C)OC(C)C1. The molecule has 0 spiro atoms. The first-order valence-corrected chi connectivity index (χ1v) is 6.77. The Bertz CT molecular complexity index is 506. The van der Waals surface area contributed by atoms with Gasteiger partial charge in [-0.05, 0) is 32.4 Å². The molecule has 1 aromatic carbocycles. The van der Waals surface area contributed by atoms with Crippen molar-refractivity contribution in [3.8, 4) is 0 Å². The zero-order chi connectivity index (χ0) is 14.7. The van der Waals surface area contributed by atoms with Gasteiger partial charge < -0.3 is 15.0 Å². The maximum atomic E-state index is 12.3. The molecular formula is C15H20N2O3. The van der Waals surface area contributed by atoms with Gasteiger partial charge >= 0.3 is 6.03 Å². The average molecular weight is 276 g/mol. The molecule has 108 valence electrons. The summed E-state index contributed by atoms with van der Waals surface area (Å²) in [5.41, 5.74) is 2.04. The highest BCUT2D eigenvalue weighted by Gasteiger charge is 2.26. The summed E-state index contributed by atoms with van der Waals surface area (Å²) in [6, 6.07) is 5.14. The quantitative estimate of drug-likeness (QED) is 0.844. The largest absolute Gasteiger partial charge is 0.372 e. The fraction of sp³-hybridized carbons (Fsp3) is 0.467. The van der Waals surface area contributed by atoms with Gasteiger partial charge in [-0.3, -0.25) is 4.79 Å². The lowest BCUT2D eigenvalue weighted by Gasteiger charge is -2.35. The van der Waals surface area contributed by atoms with E-state index >= 15 is 0 Å². The first-order chi connectivity index (χ1) is 9.51. The maximum Gasteiger partial charge on any atom is 0.322 e. The van der Waals surface area contributed by atoms with Gasteiger partial charge in [0.25, 0.3) is 0 Å². The fourth-order valence-corrected chi connectivity index (χ4v) is 2.45. The minimum absolute atomic E-state index is 0.0342. The molecule has 5 nitrogen and oxygen atoms in total. The van der Waals surface area contributed by atoms with Crippen LogP contribution in [0.1, 0.15) is 29.8 Å². The third-order valence-corrected chi connectivity index (χ3v) is 3.45. The van der Waals surface area contributed by atoms with Crippen molar-refractivity contribution < 1.29 is 14.3 Å². The molecule has 0 radical (unpaired) electrons. The number of nitrogens with zero attached hydrogens (tertiary/aromatic N) is 1. The standard InChI is InChI=1S/C15H20N2O3/c1-10-7-17(8-11(2)20-10)15(19)16-14-6-4-5-13(9-18)12(14)3/h4-6,9-11H,7-8H2,1-3H3,(H,16,19). The van der Waals surface area contributed by atoms with Gasteiger partial charge in [-0.15, -0.1) is 0 Å². The Kier molecular flexibility index (Phi) is 4.39. The normalized spacial score (nSPS) is 22.4. The molecule has 0 aromatic heterocycles. The molecule has 1 fully saturated rings. The lowest BCUT2D eigenvalue weighted by atomic mass is 10.1. The second-order valence-corrected chi connectivity index (χ2v) is 5.23. The number of amides is 2. The van der Waals surface area contributed by atoms with Gasteiger partial charge in [-0.1, -0.05) is 12.1 Å². The Balaban J connectivity index is 2.10. The molecule has 0 saturated carbocycles. The highest BCUT2D eigenvalue weighted by atomic mass is 16.5. The molecule has 20 heavy (non-hydrogen) atoms. The second-order valence-electron chi connectivity index (χ2n) is 5.23. The van der Waals surface area contributed by atoms with E-state index < -0.39 is 0 Å². The minimum atomic E-state index is -0.154. The number of benzene rings is 1. The highest BCUT2D eigenvalue weighted by Crippen LogP contribution is 2.19. The van der Waals surface area contributed by atoms with Gasteiger partial charge in [0.1, 0.15) is 6.29 Å². The summed E-state index contributed by atoms with van der Waals surface area (Å²) in [7, 11) is 0. The predicted octanol–water partition coefficient (Wildman–Crippen LogP) is 2.45. The van der Waals surface area contributed by atoms with E-state index in [0.29, 0.717) is 24.3 Å². The first kappa shape index (κ1) is 14.5. The van der Waals surface area contributed by atoms with E-state index in [1.54, 1.807) is 23.1 Å². The molecule has 0 bridgehead atoms. The van der Waals surface area contributed by atoms with Crippen LogP contribution >= 0.6 is 0 Å². The van der Waals surface area contributed by atoms with E-state index in [1.807, 2.05) is 20.8 Å². The van der Waals surface area contributed by atoms with E-state index in [9.17, 15) is 9.59 Å². The van der Waals surface area contributed by atoms with Gasteiger partial charge in [0.15, 0.2) is 0 Å². The first-order valence-electron chi connectivity index (χ1n) is 6.77. The van der Waals surface area contributed by atoms with Crippen LogP contribution in [0.4, 0.5) is 10.5 Å². The van der Waals surface area contributed by atoms with Gasteiger partial charge in [0.2, 0.25) is 0 Å². The molecule has 1 aliphatic rings. The number of ether oxygens (including phenoxy) is 1. The Morgan fingerprint density at radius 3 is 2.60 bits per heavy atom. The highest BCUT2D eigenvalue weighted by molar-refractivity contribution is 5.92. The van der Waals surface area contributed by atoms with Crippen LogP contribution in [0.15, 0.2) is 18.2 Å². The molecule has 1 heterocycles. The van der Waals surface area contributed by atoms with Crippen LogP contribution < -0.4 is 5.32 Å². The number of aldehydes is 1. The molecule has 1 saturated heterocycles. The van der Waals surface area contributed by atoms with Crippen LogP contribution in [-0.2, 0) is 4.74 Å². The van der Waals surface area contributed by atoms with Crippen molar-refractivity contribution in [1.29, 1.82) is 0 Å². The fourth-order valence-electron chi connectivity index (χ4n) is 2.45. The molecule has 2 rings (SSSR count). The molecule has 2 amide bonds. The van der Waals surface area contributed by atoms with E-state index in [2.05, 4.69) is 5.32 Å². The van der Waals surface area contributed by atoms with Gasteiger partial charge in [0, 0.05) is 24.3 Å². The van der Waals surface area contributed by atoms with Crippen LogP contribution in [0.5, 0.6) is 0 Å². The summed E-state index contributed by atoms with van der Waals surface area (Å²) < 4.78 is 5.61. The number of carbonyl (C=O) groups is 2. The van der Waals surface area contributed by atoms with Crippen LogP contribution in [0.25, 0.3) is 0 Å². The van der Waals surface area contributed by atoms with Gasteiger partial charge in [-0.2, -0.15) is 0 Å². The molecule has 5 heteroatoms. The number of rotatable bonds is 2. The van der Waals surface area contributed by atoms with Crippen LogP contribution in [0.2, 0.25) is 0 Å². The monoisotopic (exact) mass is 276 g/mol. The number of urea groups is 1. The molecule has 1 aliphatic heterocycles. The topological polar surface area (TPSA) is 58.6 Å². The van der Waals surface area contributed by atoms with Gasteiger partial charge in [-0.25, -0.2) is 4.79 Å². The molecule has 0 aliphatic carbocycles. The lowest BCUT2D eigenvalue weighted by molar-refractivity contribution is -0.0530. The third kappa shape index (κ3) is 3.17. The van der Waals surface area contributed by atoms with Crippen molar-refractivity contribution >= 4 is 18.0 Å². The van der Waals surface area contributed by atoms with Crippen molar-refractivity contribution in [1.82, 2.24) is 4.90 Å². The molecule has 1 N–H and O–H groups in total. The van der Waals surface area contributed by atoms with E-state index in [0.717, 1.165) is 11.8 Å². The Morgan fingerprint density at radius 1 is 1.35 bits per heavy atom. The molecule has 1 aromatic rings. The van der Waals surface area contributed by atoms with Crippen molar-refractivity contribution in [2.45, 2.75) is 33.0 Å². The number of morpholine rings is 1. The number of nitrogens with one attached hydrogen (secondary N) is 1. The number of carbonyl (C=O) groups excluding carboxylic acids is 2. The zero-order valence-electron chi connectivity index (χ0n) is 12.1. The third-order valence-electron chi connectivity index (χ3n) is 3.45. The summed E-state index contributed by atoms with van der Waals surface area (Å²) in [5.74, 6) is 0. The van der Waals surface area contributed by atoms with Crippen LogP contribution in [-0.4, -0.2) is 42.5 Å². The molecular weight excluding hydrogens is 256 g/mol. The van der Waals surface area contributed by atoms with E-state index in [1.165, 1.54) is 0 Å². The van der Waals surface area contributed by atoms with Crippen LogP contribution in [0, 0.1) is 6.92 Å². The van der Waals surface area contributed by atoms with E-state index in [4.69, 9.17) is 4.74 Å². The van der Waals surface area contributed by atoms with Crippen molar-refractivity contribution in [3.63, 3.8) is 0 Å². The smallest absolute Gasteiger partial charge is 0.322 e.